The Morgan fingerprint density at radius 2 is 1.76 bits per heavy atom. The zero-order valence-corrected chi connectivity index (χ0v) is 31.4. The maximum absolute atomic E-state index is 16.5. The topological polar surface area (TPSA) is 126 Å². The number of rotatable bonds is 7. The molecule has 2 aromatic heterocycles. The van der Waals surface area contributed by atoms with Crippen molar-refractivity contribution in [1.29, 1.82) is 0 Å². The molecule has 0 bridgehead atoms. The number of nitrogens with one attached hydrogen (secondary N) is 2. The number of pyridine rings is 1. The van der Waals surface area contributed by atoms with Crippen LogP contribution in [0.15, 0.2) is 62.7 Å². The minimum Gasteiger partial charge on any atom is -0.451 e. The summed E-state index contributed by atoms with van der Waals surface area (Å²) in [6, 6.07) is 11.7. The second-order valence-corrected chi connectivity index (χ2v) is 16.2. The van der Waals surface area contributed by atoms with Gasteiger partial charge in [0.05, 0.1) is 16.9 Å². The van der Waals surface area contributed by atoms with Crippen LogP contribution >= 0.6 is 11.8 Å². The number of benzene rings is 3. The SMILES string of the molecule is CC(C)(C)OC(=O)N[C@H]1CCN(c2c(F)cc3c(=O)c(C(=O)NCCCC4CCCN(Cl)CC4)cn4c5cc6c(cc5oc2c34)c(=O)c2ccccc26)C1. The number of aromatic nitrogens is 1. The Balaban J connectivity index is 1.21. The van der Waals surface area contributed by atoms with Crippen molar-refractivity contribution in [2.24, 2.45) is 5.92 Å². The van der Waals surface area contributed by atoms with Gasteiger partial charge in [0.1, 0.15) is 22.4 Å². The maximum Gasteiger partial charge on any atom is 0.407 e. The molecule has 4 heterocycles. The van der Waals surface area contributed by atoms with Crippen LogP contribution in [-0.2, 0) is 4.74 Å². The second-order valence-electron chi connectivity index (χ2n) is 15.7. The Bertz CT molecular complexity index is 2560. The number of carbonyl (C=O) groups is 2. The average Bonchev–Trinajstić information content (AvgIpc) is 3.61. The highest BCUT2D eigenvalue weighted by molar-refractivity contribution is 6.16. The lowest BCUT2D eigenvalue weighted by Crippen LogP contribution is -2.40. The number of hydrogen-bond acceptors (Lipinski definition) is 8. The van der Waals surface area contributed by atoms with E-state index in [0.29, 0.717) is 52.6 Å². The number of anilines is 1. The van der Waals surface area contributed by atoms with Crippen LogP contribution in [0.3, 0.4) is 0 Å². The summed E-state index contributed by atoms with van der Waals surface area (Å²) in [5.74, 6) is -0.732. The van der Waals surface area contributed by atoms with E-state index in [0.717, 1.165) is 50.6 Å². The third-order valence-electron chi connectivity index (χ3n) is 10.8. The van der Waals surface area contributed by atoms with Crippen LogP contribution in [-0.4, -0.2) is 65.2 Å². The van der Waals surface area contributed by atoms with Gasteiger partial charge in [-0.25, -0.2) is 13.6 Å². The lowest BCUT2D eigenvalue weighted by Gasteiger charge is -2.24. The molecule has 54 heavy (non-hydrogen) atoms. The molecule has 6 aromatic rings. The predicted octanol–water partition coefficient (Wildman–Crippen LogP) is 7.31. The van der Waals surface area contributed by atoms with Gasteiger partial charge in [-0.1, -0.05) is 24.3 Å². The molecule has 0 saturated carbocycles. The third-order valence-corrected chi connectivity index (χ3v) is 11.1. The molecule has 0 spiro atoms. The molecule has 0 aliphatic carbocycles. The van der Waals surface area contributed by atoms with Gasteiger partial charge in [-0.3, -0.25) is 14.4 Å². The van der Waals surface area contributed by atoms with Gasteiger partial charge in [-0.05, 0) is 106 Å². The normalized spacial score (nSPS) is 18.6. The van der Waals surface area contributed by atoms with E-state index in [9.17, 15) is 19.2 Å². The standard InChI is InChI=1S/C41H43ClFN5O6/c1-41(2,3)54-40(52)45-24-13-16-46(21-24)35-31(43)18-29-34-38(35)53-33-20-28-27(25-10-4-5-11-26(25)36(28)49)19-32(33)48(34)22-30(37(29)50)39(51)44-14-6-8-23-9-7-15-47(42)17-12-23/h4-5,10-11,18-20,22-24H,6-9,12-17,21H2,1-3H3,(H,44,51)(H,45,52)/t23?,24-/m0/s1. The average molecular weight is 756 g/mol. The maximum atomic E-state index is 16.5. The van der Waals surface area contributed by atoms with Crippen LogP contribution in [0, 0.1) is 11.7 Å². The number of nitrogens with zero attached hydrogens (tertiary/aromatic N) is 3. The Hall–Kier alpha value is -4.94. The zero-order chi connectivity index (χ0) is 37.9. The Morgan fingerprint density at radius 1 is 0.963 bits per heavy atom. The van der Waals surface area contributed by atoms with E-state index in [2.05, 4.69) is 10.6 Å². The molecule has 2 atom stereocenters. The minimum absolute atomic E-state index is 0.00626. The second kappa shape index (κ2) is 14.0. The molecular formula is C41H43ClFN5O6. The van der Waals surface area contributed by atoms with Crippen LogP contribution in [0.4, 0.5) is 14.9 Å². The van der Waals surface area contributed by atoms with E-state index in [1.807, 2.05) is 28.7 Å². The molecule has 2 aliphatic rings. The van der Waals surface area contributed by atoms with Crippen molar-refractivity contribution in [2.45, 2.75) is 70.9 Å². The Kier molecular flexibility index (Phi) is 9.38. The number of halogens is 2. The first-order valence-electron chi connectivity index (χ1n) is 18.7. The molecule has 1 unspecified atom stereocenters. The highest BCUT2D eigenvalue weighted by Gasteiger charge is 2.32. The van der Waals surface area contributed by atoms with Crippen molar-refractivity contribution in [3.8, 4) is 0 Å². The molecule has 2 amide bonds. The molecular weight excluding hydrogens is 713 g/mol. The summed E-state index contributed by atoms with van der Waals surface area (Å²) in [6.45, 7) is 8.09. The molecule has 8 rings (SSSR count). The van der Waals surface area contributed by atoms with Crippen molar-refractivity contribution in [3.63, 3.8) is 0 Å². The molecule has 13 heteroatoms. The van der Waals surface area contributed by atoms with Crippen LogP contribution in [0.5, 0.6) is 0 Å². The van der Waals surface area contributed by atoms with Crippen LogP contribution in [0.2, 0.25) is 0 Å². The third kappa shape index (κ3) is 6.70. The van der Waals surface area contributed by atoms with Gasteiger partial charge in [-0.15, -0.1) is 0 Å². The Labute approximate surface area is 315 Å². The number of ether oxygens (including phenoxy) is 1. The summed E-state index contributed by atoms with van der Waals surface area (Å²) in [7, 11) is 0. The summed E-state index contributed by atoms with van der Waals surface area (Å²) in [4.78, 5) is 55.7. The van der Waals surface area contributed by atoms with Gasteiger partial charge in [0, 0.05) is 49.7 Å². The lowest BCUT2D eigenvalue weighted by molar-refractivity contribution is 0.0508. The fraction of sp³-hybridized carbons (Fsp3) is 0.415. The predicted molar refractivity (Wildman–Crippen MR) is 210 cm³/mol. The van der Waals surface area contributed by atoms with Gasteiger partial charge >= 0.3 is 6.09 Å². The molecule has 2 saturated heterocycles. The highest BCUT2D eigenvalue weighted by atomic mass is 35.5. The molecule has 2 aliphatic heterocycles. The van der Waals surface area contributed by atoms with Crippen molar-refractivity contribution >= 4 is 78.6 Å². The molecule has 282 valence electrons. The van der Waals surface area contributed by atoms with Gasteiger partial charge in [0.15, 0.2) is 22.4 Å². The summed E-state index contributed by atoms with van der Waals surface area (Å²) in [5.41, 5.74) is -0.245. The van der Waals surface area contributed by atoms with E-state index in [-0.39, 0.29) is 45.8 Å². The molecule has 2 fully saturated rings. The lowest BCUT2D eigenvalue weighted by atomic mass is 9.95. The summed E-state index contributed by atoms with van der Waals surface area (Å²) >= 11 is 6.21. The molecule has 2 N–H and O–H groups in total. The quantitative estimate of drug-likeness (QED) is 0.0753. The van der Waals surface area contributed by atoms with Crippen molar-refractivity contribution < 1.29 is 23.1 Å². The summed E-state index contributed by atoms with van der Waals surface area (Å²) < 4.78 is 32.0. The van der Waals surface area contributed by atoms with Crippen LogP contribution in [0.25, 0.3) is 49.1 Å². The number of fused-ring (bicyclic) bond motifs is 5. The van der Waals surface area contributed by atoms with Crippen LogP contribution in [0.1, 0.15) is 69.7 Å². The number of amides is 2. The molecule has 0 radical (unpaired) electrons. The van der Waals surface area contributed by atoms with Crippen LogP contribution < -0.4 is 26.4 Å². The summed E-state index contributed by atoms with van der Waals surface area (Å²) in [5, 5.41) is 8.28. The minimum atomic E-state index is -0.705. The summed E-state index contributed by atoms with van der Waals surface area (Å²) in [6.07, 6.45) is 6.26. The van der Waals surface area contributed by atoms with E-state index in [1.54, 1.807) is 42.2 Å². The van der Waals surface area contributed by atoms with E-state index in [4.69, 9.17) is 20.9 Å². The van der Waals surface area contributed by atoms with Gasteiger partial charge in [0.25, 0.3) is 5.91 Å². The fourth-order valence-corrected chi connectivity index (χ4v) is 8.46. The van der Waals surface area contributed by atoms with Gasteiger partial charge in [0.2, 0.25) is 5.43 Å². The van der Waals surface area contributed by atoms with E-state index < -0.39 is 28.8 Å². The first-order valence-corrected chi connectivity index (χ1v) is 19.1. The van der Waals surface area contributed by atoms with Gasteiger partial charge < -0.3 is 29.1 Å². The fourth-order valence-electron chi connectivity index (χ4n) is 8.24. The van der Waals surface area contributed by atoms with Gasteiger partial charge in [-0.2, -0.15) is 0 Å². The highest BCUT2D eigenvalue weighted by Crippen LogP contribution is 2.39. The van der Waals surface area contributed by atoms with Crippen molar-refractivity contribution in [1.82, 2.24) is 19.5 Å². The molecule has 4 aromatic carbocycles. The number of alkyl carbamates (subject to hydrolysis) is 1. The largest absolute Gasteiger partial charge is 0.451 e. The van der Waals surface area contributed by atoms with E-state index in [1.165, 1.54) is 12.3 Å². The smallest absolute Gasteiger partial charge is 0.407 e. The zero-order valence-electron chi connectivity index (χ0n) is 30.6. The van der Waals surface area contributed by atoms with E-state index >= 15 is 4.39 Å². The van der Waals surface area contributed by atoms with Crippen molar-refractivity contribution in [3.05, 3.63) is 80.5 Å². The number of carbonyl (C=O) groups excluding carboxylic acids is 2. The molecule has 11 nitrogen and oxygen atoms in total. The van der Waals surface area contributed by atoms with Crippen molar-refractivity contribution in [2.75, 3.05) is 37.6 Å². The Morgan fingerprint density at radius 3 is 2.56 bits per heavy atom. The first-order chi connectivity index (χ1) is 25.9. The monoisotopic (exact) mass is 755 g/mol. The first kappa shape index (κ1) is 36.1. The number of hydrogen-bond donors (Lipinski definition) is 2.